The van der Waals surface area contributed by atoms with Gasteiger partial charge in [0.1, 0.15) is 23.9 Å². The Bertz CT molecular complexity index is 1120. The smallest absolute Gasteiger partial charge is 0.262 e. The molecule has 3 aromatic rings. The molecule has 30 heavy (non-hydrogen) atoms. The van der Waals surface area contributed by atoms with Crippen molar-refractivity contribution >= 4 is 17.3 Å². The third-order valence-electron chi connectivity index (χ3n) is 5.10. The van der Waals surface area contributed by atoms with Crippen LogP contribution >= 0.6 is 0 Å². The van der Waals surface area contributed by atoms with Crippen molar-refractivity contribution in [2.24, 2.45) is 7.05 Å². The molecule has 0 saturated carbocycles. The molecular formula is C20H19FN6O3. The van der Waals surface area contributed by atoms with Crippen LogP contribution in [0.2, 0.25) is 0 Å². The van der Waals surface area contributed by atoms with E-state index in [1.165, 1.54) is 16.9 Å². The monoisotopic (exact) mass is 410 g/mol. The summed E-state index contributed by atoms with van der Waals surface area (Å²) in [5.74, 6) is 1.21. The Kier molecular flexibility index (Phi) is 4.46. The number of aromatic nitrogens is 4. The summed E-state index contributed by atoms with van der Waals surface area (Å²) in [6.45, 7) is 0.900. The standard InChI is InChI=1S/C20H19FN6O3/c1-26-24-19(23-25-26)8-14-10-29-18-7-13(21)3-4-16(18)27(14)9-12-2-5-17-15(6-12)22-20(28)11-30-17/h2-7,14H,8-11H2,1H3,(H,22,28). The maximum absolute atomic E-state index is 13.7. The Hall–Kier alpha value is -3.69. The number of ether oxygens (including phenoxy) is 2. The summed E-state index contributed by atoms with van der Waals surface area (Å²) in [6.07, 6.45) is 0.523. The molecule has 0 fully saturated rings. The summed E-state index contributed by atoms with van der Waals surface area (Å²) in [7, 11) is 1.72. The van der Waals surface area contributed by atoms with Crippen LogP contribution in [0.4, 0.5) is 15.8 Å². The van der Waals surface area contributed by atoms with E-state index in [9.17, 15) is 9.18 Å². The number of tetrazole rings is 1. The predicted molar refractivity (Wildman–Crippen MR) is 105 cm³/mol. The number of nitrogens with one attached hydrogen (secondary N) is 1. The highest BCUT2D eigenvalue weighted by Gasteiger charge is 2.30. The van der Waals surface area contributed by atoms with E-state index in [-0.39, 0.29) is 24.4 Å². The molecule has 5 rings (SSSR count). The van der Waals surface area contributed by atoms with Crippen LogP contribution in [0.3, 0.4) is 0 Å². The summed E-state index contributed by atoms with van der Waals surface area (Å²) >= 11 is 0. The van der Waals surface area contributed by atoms with Crippen molar-refractivity contribution in [3.8, 4) is 11.5 Å². The number of anilines is 2. The highest BCUT2D eigenvalue weighted by molar-refractivity contribution is 5.95. The summed E-state index contributed by atoms with van der Waals surface area (Å²) in [6, 6.07) is 10.1. The normalized spacial score (nSPS) is 17.5. The molecule has 9 nitrogen and oxygen atoms in total. The maximum Gasteiger partial charge on any atom is 0.262 e. The molecule has 2 aromatic carbocycles. The minimum Gasteiger partial charge on any atom is -0.489 e. The first kappa shape index (κ1) is 18.3. The van der Waals surface area contributed by atoms with E-state index in [4.69, 9.17) is 9.47 Å². The van der Waals surface area contributed by atoms with Gasteiger partial charge in [0.2, 0.25) is 0 Å². The number of benzene rings is 2. The van der Waals surface area contributed by atoms with Gasteiger partial charge in [0.25, 0.3) is 5.91 Å². The fourth-order valence-electron chi connectivity index (χ4n) is 3.74. The minimum atomic E-state index is -0.351. The molecule has 1 aromatic heterocycles. The van der Waals surface area contributed by atoms with Gasteiger partial charge < -0.3 is 19.7 Å². The lowest BCUT2D eigenvalue weighted by Gasteiger charge is -2.38. The van der Waals surface area contributed by atoms with Gasteiger partial charge in [-0.25, -0.2) is 4.39 Å². The first-order valence-corrected chi connectivity index (χ1v) is 9.52. The first-order valence-electron chi connectivity index (χ1n) is 9.52. The van der Waals surface area contributed by atoms with Crippen LogP contribution in [0.15, 0.2) is 36.4 Å². The Balaban J connectivity index is 1.47. The fourth-order valence-corrected chi connectivity index (χ4v) is 3.74. The molecule has 10 heteroatoms. The van der Waals surface area contributed by atoms with Gasteiger partial charge in [0.15, 0.2) is 12.4 Å². The number of hydrogen-bond acceptors (Lipinski definition) is 7. The van der Waals surface area contributed by atoms with Crippen molar-refractivity contribution in [2.45, 2.75) is 19.0 Å². The molecule has 2 aliphatic heterocycles. The van der Waals surface area contributed by atoms with Crippen molar-refractivity contribution < 1.29 is 18.7 Å². The molecule has 1 unspecified atom stereocenters. The predicted octanol–water partition coefficient (Wildman–Crippen LogP) is 1.69. The number of aryl methyl sites for hydroxylation is 1. The summed E-state index contributed by atoms with van der Waals surface area (Å²) in [5, 5.41) is 15.1. The Morgan fingerprint density at radius 1 is 1.20 bits per heavy atom. The molecular weight excluding hydrogens is 391 g/mol. The second-order valence-electron chi connectivity index (χ2n) is 7.27. The van der Waals surface area contributed by atoms with Gasteiger partial charge in [-0.3, -0.25) is 4.79 Å². The number of carbonyl (C=O) groups is 1. The van der Waals surface area contributed by atoms with Crippen molar-refractivity contribution in [2.75, 3.05) is 23.4 Å². The van der Waals surface area contributed by atoms with Crippen molar-refractivity contribution in [3.05, 3.63) is 53.6 Å². The van der Waals surface area contributed by atoms with Gasteiger partial charge >= 0.3 is 0 Å². The van der Waals surface area contributed by atoms with Crippen LogP contribution in [0.5, 0.6) is 11.5 Å². The molecule has 1 amide bonds. The molecule has 0 aliphatic carbocycles. The largest absolute Gasteiger partial charge is 0.489 e. The van der Waals surface area contributed by atoms with Crippen molar-refractivity contribution in [1.29, 1.82) is 0 Å². The molecule has 2 aliphatic rings. The zero-order valence-corrected chi connectivity index (χ0v) is 16.2. The van der Waals surface area contributed by atoms with Crippen LogP contribution in [0, 0.1) is 5.82 Å². The molecule has 0 spiro atoms. The summed E-state index contributed by atoms with van der Waals surface area (Å²) in [4.78, 5) is 15.2. The highest BCUT2D eigenvalue weighted by Crippen LogP contribution is 2.37. The molecule has 3 heterocycles. The number of rotatable bonds is 4. The molecule has 1 atom stereocenters. The lowest BCUT2D eigenvalue weighted by atomic mass is 10.1. The van der Waals surface area contributed by atoms with Gasteiger partial charge in [-0.15, -0.1) is 10.2 Å². The number of fused-ring (bicyclic) bond motifs is 2. The van der Waals surface area contributed by atoms with E-state index < -0.39 is 0 Å². The van der Waals surface area contributed by atoms with E-state index >= 15 is 0 Å². The van der Waals surface area contributed by atoms with Gasteiger partial charge in [-0.05, 0) is 35.0 Å². The minimum absolute atomic E-state index is 0.0158. The van der Waals surface area contributed by atoms with E-state index in [1.807, 2.05) is 18.2 Å². The van der Waals surface area contributed by atoms with Crippen LogP contribution in [0.25, 0.3) is 0 Å². The Morgan fingerprint density at radius 2 is 2.10 bits per heavy atom. The molecule has 0 radical (unpaired) electrons. The Morgan fingerprint density at radius 3 is 2.93 bits per heavy atom. The molecule has 1 N–H and O–H groups in total. The van der Waals surface area contributed by atoms with Crippen LogP contribution in [-0.4, -0.2) is 45.4 Å². The highest BCUT2D eigenvalue weighted by atomic mass is 19.1. The van der Waals surface area contributed by atoms with E-state index in [0.717, 1.165) is 11.3 Å². The Labute approximate surface area is 171 Å². The number of carbonyl (C=O) groups excluding carboxylic acids is 1. The number of hydrogen-bond donors (Lipinski definition) is 1. The number of amides is 1. The lowest BCUT2D eigenvalue weighted by molar-refractivity contribution is -0.118. The molecule has 154 valence electrons. The topological polar surface area (TPSA) is 94.4 Å². The van der Waals surface area contributed by atoms with Crippen LogP contribution in [0.1, 0.15) is 11.4 Å². The lowest BCUT2D eigenvalue weighted by Crippen LogP contribution is -2.44. The quantitative estimate of drug-likeness (QED) is 0.699. The van der Waals surface area contributed by atoms with E-state index in [0.29, 0.717) is 42.6 Å². The molecule has 0 saturated heterocycles. The average molecular weight is 410 g/mol. The number of halogens is 1. The van der Waals surface area contributed by atoms with E-state index in [1.54, 1.807) is 13.1 Å². The third-order valence-corrected chi connectivity index (χ3v) is 5.10. The van der Waals surface area contributed by atoms with Crippen LogP contribution in [-0.2, 0) is 24.8 Å². The summed E-state index contributed by atoms with van der Waals surface area (Å²) < 4.78 is 25.0. The fraction of sp³-hybridized carbons (Fsp3) is 0.300. The van der Waals surface area contributed by atoms with Crippen LogP contribution < -0.4 is 19.7 Å². The zero-order chi connectivity index (χ0) is 20.7. The summed E-state index contributed by atoms with van der Waals surface area (Å²) in [5.41, 5.74) is 2.40. The van der Waals surface area contributed by atoms with Gasteiger partial charge in [-0.1, -0.05) is 6.07 Å². The van der Waals surface area contributed by atoms with Gasteiger partial charge in [-0.2, -0.15) is 4.80 Å². The van der Waals surface area contributed by atoms with Crippen molar-refractivity contribution in [3.63, 3.8) is 0 Å². The van der Waals surface area contributed by atoms with E-state index in [2.05, 4.69) is 25.6 Å². The van der Waals surface area contributed by atoms with Gasteiger partial charge in [0, 0.05) is 19.0 Å². The van der Waals surface area contributed by atoms with Crippen molar-refractivity contribution in [1.82, 2.24) is 20.2 Å². The second-order valence-corrected chi connectivity index (χ2v) is 7.27. The number of nitrogens with zero attached hydrogens (tertiary/aromatic N) is 5. The first-order chi connectivity index (χ1) is 14.5. The van der Waals surface area contributed by atoms with Gasteiger partial charge in [0.05, 0.1) is 24.5 Å². The SMILES string of the molecule is Cn1nnc(CC2COc3cc(F)ccc3N2Cc2ccc3c(c2)NC(=O)CO3)n1. The average Bonchev–Trinajstić information content (AvgIpc) is 3.14. The molecule has 0 bridgehead atoms. The third kappa shape index (κ3) is 3.51. The second kappa shape index (κ2) is 7.29. The maximum atomic E-state index is 13.7. The zero-order valence-electron chi connectivity index (χ0n) is 16.2.